The van der Waals surface area contributed by atoms with E-state index in [0.29, 0.717) is 40.1 Å². The predicted molar refractivity (Wildman–Crippen MR) is 167 cm³/mol. The Bertz CT molecular complexity index is 1750. The first kappa shape index (κ1) is 31.4. The highest BCUT2D eigenvalue weighted by molar-refractivity contribution is 8.15. The maximum atomic E-state index is 12.8. The smallest absolute Gasteiger partial charge is 0.406 e. The molecule has 0 saturated carbocycles. The number of aliphatic imine (C=N–C) groups is 1. The summed E-state index contributed by atoms with van der Waals surface area (Å²) in [5.74, 6) is 0.284. The van der Waals surface area contributed by atoms with Gasteiger partial charge in [0.1, 0.15) is 12.1 Å². The van der Waals surface area contributed by atoms with Gasteiger partial charge in [0.2, 0.25) is 5.91 Å². The van der Waals surface area contributed by atoms with Crippen LogP contribution < -0.4 is 15.1 Å². The molecule has 2 heterocycles. The van der Waals surface area contributed by atoms with Crippen LogP contribution in [0.4, 0.5) is 23.7 Å². The van der Waals surface area contributed by atoms with Crippen molar-refractivity contribution in [2.75, 3.05) is 10.7 Å². The minimum absolute atomic E-state index is 0.148. The number of nitrogens with zero attached hydrogens (tertiary/aromatic N) is 6. The Morgan fingerprint density at radius 3 is 2.44 bits per heavy atom. The minimum atomic E-state index is -4.77. The van der Waals surface area contributed by atoms with Crippen molar-refractivity contribution in [3.8, 4) is 22.8 Å². The molecule has 4 aromatic rings. The van der Waals surface area contributed by atoms with Crippen LogP contribution in [-0.2, 0) is 4.79 Å². The molecule has 0 atom stereocenters. The molecule has 1 aliphatic rings. The highest BCUT2D eigenvalue weighted by atomic mass is 32.2. The fourth-order valence-corrected chi connectivity index (χ4v) is 5.43. The number of hydrazone groups is 1. The number of amides is 3. The number of carbonyl (C=O) groups is 2. The van der Waals surface area contributed by atoms with E-state index in [1.54, 1.807) is 12.1 Å². The lowest BCUT2D eigenvalue weighted by Crippen LogP contribution is -2.31. The number of rotatable bonds is 8. The molecule has 45 heavy (non-hydrogen) atoms. The molecule has 3 amide bonds. The van der Waals surface area contributed by atoms with E-state index in [0.717, 1.165) is 11.1 Å². The summed E-state index contributed by atoms with van der Waals surface area (Å²) in [6.07, 6.45) is -2.80. The van der Waals surface area contributed by atoms with E-state index in [9.17, 15) is 22.8 Å². The summed E-state index contributed by atoms with van der Waals surface area (Å²) in [5, 5.41) is 8.98. The number of hydrogen-bond acceptors (Lipinski definition) is 7. The molecule has 0 spiro atoms. The summed E-state index contributed by atoms with van der Waals surface area (Å²) >= 11 is 1.20. The highest BCUT2D eigenvalue weighted by Crippen LogP contribution is 2.33. The number of hydrogen-bond donors (Lipinski definition) is 1. The number of ether oxygens (including phenoxy) is 1. The van der Waals surface area contributed by atoms with Gasteiger partial charge >= 0.3 is 12.4 Å². The third-order valence-electron chi connectivity index (χ3n) is 6.69. The van der Waals surface area contributed by atoms with Gasteiger partial charge in [-0.3, -0.25) is 9.69 Å². The van der Waals surface area contributed by atoms with Crippen LogP contribution in [0.25, 0.3) is 17.1 Å². The van der Waals surface area contributed by atoms with E-state index in [2.05, 4.69) is 30.3 Å². The maximum absolute atomic E-state index is 12.8. The number of thioether (sulfide) groups is 1. The summed E-state index contributed by atoms with van der Waals surface area (Å²) < 4.78 is 42.6. The SMILES string of the molecule is CC/C(=N\NC(=O)N=C1SCC(=O)N1c1ccccc1C(C)C)c1ccc(-c2ncn(-c3ccc(OC(F)(F)F)cc3)n2)cc1. The lowest BCUT2D eigenvalue weighted by molar-refractivity contribution is -0.274. The Labute approximate surface area is 261 Å². The zero-order chi connectivity index (χ0) is 32.1. The number of amidine groups is 1. The van der Waals surface area contributed by atoms with Crippen LogP contribution in [0.1, 0.15) is 44.2 Å². The largest absolute Gasteiger partial charge is 0.573 e. The molecule has 232 valence electrons. The third kappa shape index (κ3) is 7.58. The van der Waals surface area contributed by atoms with Crippen LogP contribution in [0.15, 0.2) is 89.2 Å². The first-order valence-corrected chi connectivity index (χ1v) is 14.9. The molecule has 5 rings (SSSR count). The fourth-order valence-electron chi connectivity index (χ4n) is 4.57. The molecule has 1 N–H and O–H groups in total. The molecule has 1 aliphatic heterocycles. The van der Waals surface area contributed by atoms with Gasteiger partial charge in [0.25, 0.3) is 0 Å². The molecule has 1 saturated heterocycles. The molecule has 0 aliphatic carbocycles. The first-order chi connectivity index (χ1) is 21.5. The summed E-state index contributed by atoms with van der Waals surface area (Å²) in [7, 11) is 0. The Kier molecular flexibility index (Phi) is 9.32. The summed E-state index contributed by atoms with van der Waals surface area (Å²) in [4.78, 5) is 35.4. The van der Waals surface area contributed by atoms with Crippen molar-refractivity contribution >= 4 is 40.3 Å². The molecule has 0 unspecified atom stereocenters. The van der Waals surface area contributed by atoms with Gasteiger partial charge in [-0.25, -0.2) is 19.9 Å². The standard InChI is InChI=1S/C31H28F3N7O3S/c1-4-25(37-38-29(43)36-30-41(27(42)17-45-30)26-8-6-5-7-24(26)19(2)3)20-9-11-21(12-10-20)28-35-18-40(39-28)22-13-15-23(16-14-22)44-31(32,33)34/h5-16,18-19H,4,17H2,1-3H3,(H,38,43)/b36-30?,37-25+. The summed E-state index contributed by atoms with van der Waals surface area (Å²) in [5.41, 5.74) is 6.73. The van der Waals surface area contributed by atoms with Gasteiger partial charge in [-0.05, 0) is 53.8 Å². The summed E-state index contributed by atoms with van der Waals surface area (Å²) in [6.45, 7) is 5.97. The van der Waals surface area contributed by atoms with Gasteiger partial charge in [0.05, 0.1) is 22.8 Å². The number of anilines is 1. The van der Waals surface area contributed by atoms with Crippen molar-refractivity contribution < 1.29 is 27.5 Å². The van der Waals surface area contributed by atoms with Crippen LogP contribution >= 0.6 is 11.8 Å². The average molecular weight is 636 g/mol. The number of aromatic nitrogens is 3. The monoisotopic (exact) mass is 635 g/mol. The Balaban J connectivity index is 1.26. The number of alkyl halides is 3. The van der Waals surface area contributed by atoms with Crippen molar-refractivity contribution in [2.45, 2.75) is 39.5 Å². The normalized spacial score (nSPS) is 14.8. The predicted octanol–water partition coefficient (Wildman–Crippen LogP) is 6.92. The Morgan fingerprint density at radius 2 is 1.78 bits per heavy atom. The average Bonchev–Trinajstić information content (AvgIpc) is 3.64. The number of para-hydroxylation sites is 1. The van der Waals surface area contributed by atoms with Crippen LogP contribution in [0, 0.1) is 0 Å². The van der Waals surface area contributed by atoms with Crippen molar-refractivity contribution in [3.63, 3.8) is 0 Å². The molecule has 0 bridgehead atoms. The zero-order valence-electron chi connectivity index (χ0n) is 24.4. The number of carbonyl (C=O) groups excluding carboxylic acids is 2. The number of nitrogens with one attached hydrogen (secondary N) is 1. The maximum Gasteiger partial charge on any atom is 0.573 e. The van der Waals surface area contributed by atoms with E-state index >= 15 is 0 Å². The second-order valence-corrected chi connectivity index (χ2v) is 11.0. The van der Waals surface area contributed by atoms with Crippen LogP contribution in [0.2, 0.25) is 0 Å². The van der Waals surface area contributed by atoms with E-state index in [4.69, 9.17) is 0 Å². The minimum Gasteiger partial charge on any atom is -0.406 e. The van der Waals surface area contributed by atoms with Gasteiger partial charge in [-0.15, -0.1) is 18.3 Å². The second-order valence-electron chi connectivity index (χ2n) is 10.1. The van der Waals surface area contributed by atoms with E-state index < -0.39 is 12.4 Å². The molecule has 1 aromatic heterocycles. The van der Waals surface area contributed by atoms with E-state index in [1.165, 1.54) is 51.9 Å². The molecular weight excluding hydrogens is 607 g/mol. The second kappa shape index (κ2) is 13.3. The lowest BCUT2D eigenvalue weighted by atomic mass is 10.0. The Morgan fingerprint density at radius 1 is 1.07 bits per heavy atom. The van der Waals surface area contributed by atoms with Gasteiger partial charge in [0.15, 0.2) is 11.0 Å². The van der Waals surface area contributed by atoms with Crippen molar-refractivity contribution in [3.05, 3.63) is 90.3 Å². The van der Waals surface area contributed by atoms with Crippen LogP contribution in [0.5, 0.6) is 5.75 Å². The van der Waals surface area contributed by atoms with Crippen molar-refractivity contribution in [1.82, 2.24) is 20.2 Å². The van der Waals surface area contributed by atoms with Gasteiger partial charge in [0, 0.05) is 5.56 Å². The molecule has 14 heteroatoms. The highest BCUT2D eigenvalue weighted by Gasteiger charge is 2.32. The molecule has 1 fully saturated rings. The van der Waals surface area contributed by atoms with E-state index in [1.807, 2.05) is 57.2 Å². The number of urea groups is 1. The van der Waals surface area contributed by atoms with Crippen LogP contribution in [0.3, 0.4) is 0 Å². The lowest BCUT2D eigenvalue weighted by Gasteiger charge is -2.21. The third-order valence-corrected chi connectivity index (χ3v) is 7.61. The summed E-state index contributed by atoms with van der Waals surface area (Å²) in [6, 6.07) is 19.4. The van der Waals surface area contributed by atoms with Gasteiger partial charge in [-0.2, -0.15) is 10.1 Å². The quantitative estimate of drug-likeness (QED) is 0.166. The first-order valence-electron chi connectivity index (χ1n) is 13.9. The molecule has 10 nitrogen and oxygen atoms in total. The van der Waals surface area contributed by atoms with Crippen molar-refractivity contribution in [1.29, 1.82) is 0 Å². The topological polar surface area (TPSA) is 114 Å². The van der Waals surface area contributed by atoms with Gasteiger partial charge < -0.3 is 4.74 Å². The Hall–Kier alpha value is -4.98. The molecular formula is C31H28F3N7O3S. The van der Waals surface area contributed by atoms with Gasteiger partial charge in [-0.1, -0.05) is 75.0 Å². The van der Waals surface area contributed by atoms with Crippen molar-refractivity contribution in [2.24, 2.45) is 10.1 Å². The molecule has 3 aromatic carbocycles. The van der Waals surface area contributed by atoms with E-state index in [-0.39, 0.29) is 23.3 Å². The zero-order valence-corrected chi connectivity index (χ0v) is 25.3. The number of benzene rings is 3. The number of halogens is 3. The molecule has 0 radical (unpaired) electrons. The van der Waals surface area contributed by atoms with Crippen LogP contribution in [-0.4, -0.2) is 49.7 Å². The fraction of sp³-hybridized carbons (Fsp3) is 0.226.